The highest BCUT2D eigenvalue weighted by Gasteiger charge is 2.12. The Kier molecular flexibility index (Phi) is 4.45. The molecule has 0 aliphatic heterocycles. The molecule has 0 saturated heterocycles. The molecule has 1 aromatic carbocycles. The zero-order valence-electron chi connectivity index (χ0n) is 10.3. The molecule has 0 bridgehead atoms. The van der Waals surface area contributed by atoms with Crippen LogP contribution in [0.25, 0.3) is 0 Å². The Balaban J connectivity index is 2.21. The second-order valence-electron chi connectivity index (χ2n) is 4.23. The smallest absolute Gasteiger partial charge is 0.142 e. The van der Waals surface area contributed by atoms with Crippen molar-refractivity contribution in [1.82, 2.24) is 10.3 Å². The molecule has 2 rings (SSSR count). The van der Waals surface area contributed by atoms with Crippen molar-refractivity contribution in [3.05, 3.63) is 64.4 Å². The summed E-state index contributed by atoms with van der Waals surface area (Å²) in [7, 11) is 1.77. The number of halogens is 3. The lowest BCUT2D eigenvalue weighted by molar-refractivity contribution is 0.568. The van der Waals surface area contributed by atoms with Crippen molar-refractivity contribution < 1.29 is 8.78 Å². The Morgan fingerprint density at radius 3 is 2.68 bits per heavy atom. The van der Waals surface area contributed by atoms with E-state index in [4.69, 9.17) is 11.6 Å². The van der Waals surface area contributed by atoms with Gasteiger partial charge in [-0.3, -0.25) is 4.98 Å². The number of rotatable bonds is 4. The van der Waals surface area contributed by atoms with E-state index in [2.05, 4.69) is 10.3 Å². The van der Waals surface area contributed by atoms with Crippen molar-refractivity contribution in [1.29, 1.82) is 0 Å². The number of benzene rings is 1. The SMILES string of the molecule is CNC(Cc1ccc(Cl)c(F)c1)c1cncc(F)c1. The maximum Gasteiger partial charge on any atom is 0.142 e. The van der Waals surface area contributed by atoms with Crippen LogP contribution in [0.1, 0.15) is 17.2 Å². The highest BCUT2D eigenvalue weighted by molar-refractivity contribution is 6.30. The third-order valence-electron chi connectivity index (χ3n) is 2.90. The predicted octanol–water partition coefficient (Wildman–Crippen LogP) is 3.52. The summed E-state index contributed by atoms with van der Waals surface area (Å²) in [5, 5.41) is 3.16. The molecule has 1 N–H and O–H groups in total. The molecular weight excluding hydrogens is 270 g/mol. The average Bonchev–Trinajstić information content (AvgIpc) is 2.40. The molecule has 2 aromatic rings. The lowest BCUT2D eigenvalue weighted by Gasteiger charge is -2.16. The number of nitrogens with zero attached hydrogens (tertiary/aromatic N) is 1. The summed E-state index contributed by atoms with van der Waals surface area (Å²) in [5.74, 6) is -0.841. The Morgan fingerprint density at radius 2 is 2.05 bits per heavy atom. The fourth-order valence-electron chi connectivity index (χ4n) is 1.91. The molecular formula is C14H13ClF2N2. The molecule has 0 saturated carbocycles. The van der Waals surface area contributed by atoms with Gasteiger partial charge in [-0.1, -0.05) is 17.7 Å². The first-order valence-electron chi connectivity index (χ1n) is 5.82. The molecule has 5 heteroatoms. The number of hydrogen-bond donors (Lipinski definition) is 1. The minimum atomic E-state index is -0.452. The van der Waals surface area contributed by atoms with E-state index in [0.29, 0.717) is 6.42 Å². The lowest BCUT2D eigenvalue weighted by atomic mass is 10.0. The second-order valence-corrected chi connectivity index (χ2v) is 4.64. The summed E-state index contributed by atoms with van der Waals surface area (Å²) in [4.78, 5) is 3.82. The van der Waals surface area contributed by atoms with Crippen molar-refractivity contribution in [3.8, 4) is 0 Å². The molecule has 2 nitrogen and oxygen atoms in total. The zero-order chi connectivity index (χ0) is 13.8. The van der Waals surface area contributed by atoms with E-state index >= 15 is 0 Å². The van der Waals surface area contributed by atoms with Crippen LogP contribution in [0.2, 0.25) is 5.02 Å². The summed E-state index contributed by atoms with van der Waals surface area (Å²) in [5.41, 5.74) is 1.50. The molecule has 0 fully saturated rings. The van der Waals surface area contributed by atoms with Gasteiger partial charge < -0.3 is 5.32 Å². The van der Waals surface area contributed by atoms with Crippen molar-refractivity contribution in [2.24, 2.45) is 0 Å². The van der Waals surface area contributed by atoms with Crippen LogP contribution in [-0.2, 0) is 6.42 Å². The molecule has 1 aromatic heterocycles. The monoisotopic (exact) mass is 282 g/mol. The fourth-order valence-corrected chi connectivity index (χ4v) is 2.03. The molecule has 1 atom stereocenters. The van der Waals surface area contributed by atoms with Gasteiger partial charge in [0.05, 0.1) is 11.2 Å². The van der Waals surface area contributed by atoms with Crippen molar-refractivity contribution in [2.75, 3.05) is 7.05 Å². The van der Waals surface area contributed by atoms with E-state index in [1.54, 1.807) is 19.3 Å². The third-order valence-corrected chi connectivity index (χ3v) is 3.21. The van der Waals surface area contributed by atoms with Crippen LogP contribution in [0.5, 0.6) is 0 Å². The Hall–Kier alpha value is -1.52. The Bertz CT molecular complexity index is 575. The maximum absolute atomic E-state index is 13.4. The molecule has 100 valence electrons. The van der Waals surface area contributed by atoms with Gasteiger partial charge in [0.1, 0.15) is 11.6 Å². The first-order valence-corrected chi connectivity index (χ1v) is 6.19. The topological polar surface area (TPSA) is 24.9 Å². The summed E-state index contributed by atoms with van der Waals surface area (Å²) in [6, 6.07) is 5.94. The minimum absolute atomic E-state index is 0.0946. The van der Waals surface area contributed by atoms with Gasteiger partial charge in [-0.05, 0) is 42.8 Å². The van der Waals surface area contributed by atoms with E-state index in [1.807, 2.05) is 0 Å². The number of pyridine rings is 1. The first-order chi connectivity index (χ1) is 9.10. The number of aromatic nitrogens is 1. The van der Waals surface area contributed by atoms with Crippen LogP contribution < -0.4 is 5.32 Å². The average molecular weight is 283 g/mol. The van der Waals surface area contributed by atoms with Gasteiger partial charge in [-0.2, -0.15) is 0 Å². The third kappa shape index (κ3) is 3.49. The van der Waals surface area contributed by atoms with Gasteiger partial charge in [-0.25, -0.2) is 8.78 Å². The molecule has 0 aliphatic rings. The van der Waals surface area contributed by atoms with E-state index < -0.39 is 5.82 Å². The van der Waals surface area contributed by atoms with Crippen molar-refractivity contribution in [2.45, 2.75) is 12.5 Å². The molecule has 0 aliphatic carbocycles. The Labute approximate surface area is 115 Å². The van der Waals surface area contributed by atoms with E-state index in [-0.39, 0.29) is 16.9 Å². The second kappa shape index (κ2) is 6.08. The highest BCUT2D eigenvalue weighted by Crippen LogP contribution is 2.21. The summed E-state index contributed by atoms with van der Waals surface area (Å²) >= 11 is 5.64. The van der Waals surface area contributed by atoms with E-state index in [0.717, 1.165) is 17.3 Å². The van der Waals surface area contributed by atoms with E-state index in [9.17, 15) is 8.78 Å². The standard InChI is InChI=1S/C14H13ClF2N2/c1-18-14(10-6-11(16)8-19-7-10)5-9-2-3-12(15)13(17)4-9/h2-4,6-8,14,18H,5H2,1H3. The molecule has 0 radical (unpaired) electrons. The van der Waals surface area contributed by atoms with Gasteiger partial charge >= 0.3 is 0 Å². The van der Waals surface area contributed by atoms with Gasteiger partial charge in [0.15, 0.2) is 0 Å². The van der Waals surface area contributed by atoms with Crippen molar-refractivity contribution >= 4 is 11.6 Å². The molecule has 1 unspecified atom stereocenters. The minimum Gasteiger partial charge on any atom is -0.313 e. The van der Waals surface area contributed by atoms with Gasteiger partial charge in [-0.15, -0.1) is 0 Å². The fraction of sp³-hybridized carbons (Fsp3) is 0.214. The molecule has 19 heavy (non-hydrogen) atoms. The zero-order valence-corrected chi connectivity index (χ0v) is 11.1. The van der Waals surface area contributed by atoms with E-state index in [1.165, 1.54) is 18.2 Å². The summed E-state index contributed by atoms with van der Waals surface area (Å²) in [6.45, 7) is 0. The first kappa shape index (κ1) is 13.9. The lowest BCUT2D eigenvalue weighted by Crippen LogP contribution is -2.19. The summed E-state index contributed by atoms with van der Waals surface area (Å²) in [6.07, 6.45) is 3.27. The van der Waals surface area contributed by atoms with Crippen LogP contribution in [-0.4, -0.2) is 12.0 Å². The molecule has 1 heterocycles. The van der Waals surface area contributed by atoms with Crippen LogP contribution in [0, 0.1) is 11.6 Å². The maximum atomic E-state index is 13.4. The van der Waals surface area contributed by atoms with Crippen LogP contribution in [0.4, 0.5) is 8.78 Å². The Morgan fingerprint density at radius 1 is 1.26 bits per heavy atom. The number of hydrogen-bond acceptors (Lipinski definition) is 2. The van der Waals surface area contributed by atoms with Crippen molar-refractivity contribution in [3.63, 3.8) is 0 Å². The largest absolute Gasteiger partial charge is 0.313 e. The quantitative estimate of drug-likeness (QED) is 0.928. The van der Waals surface area contributed by atoms with Crippen LogP contribution in [0.3, 0.4) is 0 Å². The normalized spacial score (nSPS) is 12.4. The molecule has 0 amide bonds. The predicted molar refractivity (Wildman–Crippen MR) is 71.1 cm³/mol. The van der Waals surface area contributed by atoms with Crippen LogP contribution >= 0.6 is 11.6 Å². The van der Waals surface area contributed by atoms with Gasteiger partial charge in [0, 0.05) is 12.2 Å². The molecule has 0 spiro atoms. The van der Waals surface area contributed by atoms with Gasteiger partial charge in [0.2, 0.25) is 0 Å². The number of nitrogens with one attached hydrogen (secondary N) is 1. The number of likely N-dealkylation sites (N-methyl/N-ethyl adjacent to an activating group) is 1. The highest BCUT2D eigenvalue weighted by atomic mass is 35.5. The van der Waals surface area contributed by atoms with Crippen LogP contribution in [0.15, 0.2) is 36.7 Å². The van der Waals surface area contributed by atoms with Gasteiger partial charge in [0.25, 0.3) is 0 Å². The summed E-state index contributed by atoms with van der Waals surface area (Å²) < 4.78 is 26.5.